The zero-order valence-corrected chi connectivity index (χ0v) is 13.7. The highest BCUT2D eigenvalue weighted by atomic mass is 32.1. The van der Waals surface area contributed by atoms with Gasteiger partial charge in [-0.3, -0.25) is 9.59 Å². The maximum Gasteiger partial charge on any atom is 0.272 e. The molecule has 3 aromatic rings. The number of rotatable bonds is 3. The quantitative estimate of drug-likeness (QED) is 0.741. The summed E-state index contributed by atoms with van der Waals surface area (Å²) in [6.07, 6.45) is 1.56. The van der Waals surface area contributed by atoms with E-state index in [4.69, 9.17) is 0 Å². The maximum atomic E-state index is 12.2. The molecule has 4 heterocycles. The summed E-state index contributed by atoms with van der Waals surface area (Å²) in [7, 11) is 1.52. The molecular weight excluding hydrogens is 328 g/mol. The first-order chi connectivity index (χ1) is 11.6. The maximum absolute atomic E-state index is 12.2. The lowest BCUT2D eigenvalue weighted by Crippen LogP contribution is -2.59. The van der Waals surface area contributed by atoms with Gasteiger partial charge in [-0.2, -0.15) is 5.10 Å². The van der Waals surface area contributed by atoms with Gasteiger partial charge in [0.05, 0.1) is 16.3 Å². The molecule has 0 bridgehead atoms. The van der Waals surface area contributed by atoms with Gasteiger partial charge in [-0.25, -0.2) is 14.6 Å². The minimum absolute atomic E-state index is 0.0292. The van der Waals surface area contributed by atoms with Gasteiger partial charge in [-0.1, -0.05) is 0 Å². The average molecular weight is 342 g/mol. The minimum atomic E-state index is -0.279. The van der Waals surface area contributed by atoms with E-state index < -0.39 is 0 Å². The van der Waals surface area contributed by atoms with Gasteiger partial charge in [0.1, 0.15) is 17.8 Å². The third kappa shape index (κ3) is 2.52. The van der Waals surface area contributed by atoms with Gasteiger partial charge in [0.15, 0.2) is 0 Å². The van der Waals surface area contributed by atoms with E-state index in [1.54, 1.807) is 17.7 Å². The second kappa shape index (κ2) is 5.68. The molecule has 0 radical (unpaired) electrons. The van der Waals surface area contributed by atoms with E-state index in [-0.39, 0.29) is 23.2 Å². The largest absolute Gasteiger partial charge is 0.351 e. The monoisotopic (exact) mass is 342 g/mol. The Balaban J connectivity index is 1.42. The summed E-state index contributed by atoms with van der Waals surface area (Å²) in [4.78, 5) is 34.2. The molecule has 24 heavy (non-hydrogen) atoms. The van der Waals surface area contributed by atoms with Crippen LogP contribution in [0.15, 0.2) is 34.7 Å². The van der Waals surface area contributed by atoms with E-state index in [0.717, 1.165) is 20.7 Å². The number of fused-ring (bicyclic) bond motifs is 1. The summed E-state index contributed by atoms with van der Waals surface area (Å²) in [5.74, 6) is 0.625. The van der Waals surface area contributed by atoms with Crippen molar-refractivity contribution >= 4 is 33.3 Å². The number of nitrogens with zero attached hydrogens (tertiary/aromatic N) is 5. The van der Waals surface area contributed by atoms with Crippen LogP contribution in [0, 0.1) is 0 Å². The van der Waals surface area contributed by atoms with Gasteiger partial charge in [0.2, 0.25) is 0 Å². The molecule has 4 rings (SSSR count). The molecule has 0 saturated carbocycles. The lowest BCUT2D eigenvalue weighted by Gasteiger charge is -2.40. The summed E-state index contributed by atoms with van der Waals surface area (Å²) >= 11 is 1.61. The molecule has 1 aliphatic rings. The van der Waals surface area contributed by atoms with Crippen LogP contribution < -0.4 is 15.8 Å². The lowest BCUT2D eigenvalue weighted by molar-refractivity contribution is 0.0922. The second-order valence-electron chi connectivity index (χ2n) is 5.59. The Hall–Kier alpha value is -2.81. The van der Waals surface area contributed by atoms with Crippen LogP contribution in [-0.2, 0) is 7.05 Å². The van der Waals surface area contributed by atoms with Gasteiger partial charge in [0.25, 0.3) is 11.5 Å². The van der Waals surface area contributed by atoms with Crippen molar-refractivity contribution in [2.45, 2.75) is 6.04 Å². The fraction of sp³-hybridized carbons (Fsp3) is 0.267. The predicted octanol–water partition coefficient (Wildman–Crippen LogP) is 0.404. The Labute approximate surface area is 140 Å². The number of amides is 1. The zero-order valence-electron chi connectivity index (χ0n) is 12.8. The van der Waals surface area contributed by atoms with E-state index >= 15 is 0 Å². The first-order valence-electron chi connectivity index (χ1n) is 7.40. The highest BCUT2D eigenvalue weighted by molar-refractivity contribution is 7.17. The minimum Gasteiger partial charge on any atom is -0.351 e. The van der Waals surface area contributed by atoms with Gasteiger partial charge in [-0.05, 0) is 17.5 Å². The van der Waals surface area contributed by atoms with Gasteiger partial charge < -0.3 is 10.2 Å². The number of aromatic nitrogens is 4. The number of hydrogen-bond acceptors (Lipinski definition) is 7. The number of thiophene rings is 1. The van der Waals surface area contributed by atoms with E-state index in [9.17, 15) is 9.59 Å². The van der Waals surface area contributed by atoms with Crippen LogP contribution >= 0.6 is 11.3 Å². The lowest BCUT2D eigenvalue weighted by atomic mass is 10.1. The number of carbonyl (C=O) groups excluding carboxylic acids is 1. The summed E-state index contributed by atoms with van der Waals surface area (Å²) < 4.78 is 2.21. The molecule has 8 nitrogen and oxygen atoms in total. The van der Waals surface area contributed by atoms with Crippen molar-refractivity contribution in [3.63, 3.8) is 0 Å². The fourth-order valence-electron chi connectivity index (χ4n) is 2.63. The zero-order chi connectivity index (χ0) is 16.7. The highest BCUT2D eigenvalue weighted by Gasteiger charge is 2.31. The molecule has 3 aromatic heterocycles. The first kappa shape index (κ1) is 14.8. The molecule has 0 aromatic carbocycles. The van der Waals surface area contributed by atoms with Crippen molar-refractivity contribution in [1.82, 2.24) is 25.1 Å². The molecular formula is C15H14N6O2S. The molecule has 0 spiro atoms. The summed E-state index contributed by atoms with van der Waals surface area (Å²) in [6, 6.07) is 4.77. The molecule has 1 N–H and O–H groups in total. The Bertz CT molecular complexity index is 975. The molecule has 0 atom stereocenters. The number of carbonyl (C=O) groups is 1. The van der Waals surface area contributed by atoms with E-state index in [0.29, 0.717) is 13.1 Å². The highest BCUT2D eigenvalue weighted by Crippen LogP contribution is 2.30. The van der Waals surface area contributed by atoms with Gasteiger partial charge in [-0.15, -0.1) is 11.3 Å². The SMILES string of the molecule is Cn1nc(C(=O)NC2CN(c3ncnc4ccsc34)C2)ccc1=O. The smallest absolute Gasteiger partial charge is 0.272 e. The molecule has 1 saturated heterocycles. The summed E-state index contributed by atoms with van der Waals surface area (Å²) in [5, 5.41) is 8.87. The number of aryl methyl sites for hydroxylation is 1. The van der Waals surface area contributed by atoms with Crippen molar-refractivity contribution < 1.29 is 4.79 Å². The summed E-state index contributed by atoms with van der Waals surface area (Å²) in [6.45, 7) is 1.36. The Morgan fingerprint density at radius 3 is 2.92 bits per heavy atom. The Kier molecular flexibility index (Phi) is 3.49. The molecule has 1 aliphatic heterocycles. The normalized spacial score (nSPS) is 14.6. The van der Waals surface area contributed by atoms with Crippen molar-refractivity contribution in [2.75, 3.05) is 18.0 Å². The second-order valence-corrected chi connectivity index (χ2v) is 6.50. The fourth-order valence-corrected chi connectivity index (χ4v) is 3.49. The van der Waals surface area contributed by atoms with E-state index in [2.05, 4.69) is 25.3 Å². The van der Waals surface area contributed by atoms with E-state index in [1.807, 2.05) is 11.4 Å². The molecule has 0 aliphatic carbocycles. The van der Waals surface area contributed by atoms with E-state index in [1.165, 1.54) is 19.2 Å². The van der Waals surface area contributed by atoms with Crippen LogP contribution in [0.4, 0.5) is 5.82 Å². The topological polar surface area (TPSA) is 93.0 Å². The number of anilines is 1. The third-order valence-electron chi connectivity index (χ3n) is 3.93. The van der Waals surface area contributed by atoms with Crippen molar-refractivity contribution in [3.05, 3.63) is 46.0 Å². The molecule has 122 valence electrons. The molecule has 1 fully saturated rings. The standard InChI is InChI=1S/C15H14N6O2S/c1-20-12(22)3-2-11(19-20)15(23)18-9-6-21(7-9)14-13-10(4-5-24-13)16-8-17-14/h2-5,8-9H,6-7H2,1H3,(H,18,23). The van der Waals surface area contributed by atoms with Gasteiger partial charge in [0, 0.05) is 26.2 Å². The van der Waals surface area contributed by atoms with Crippen molar-refractivity contribution in [1.29, 1.82) is 0 Å². The average Bonchev–Trinajstić information content (AvgIpc) is 3.01. The molecule has 1 amide bonds. The molecule has 0 unspecified atom stereocenters. The third-order valence-corrected chi connectivity index (χ3v) is 4.83. The molecule has 9 heteroatoms. The van der Waals surface area contributed by atoms with Crippen LogP contribution in [0.2, 0.25) is 0 Å². The van der Waals surface area contributed by atoms with Crippen LogP contribution in [0.1, 0.15) is 10.5 Å². The Morgan fingerprint density at radius 2 is 2.12 bits per heavy atom. The number of hydrogen-bond donors (Lipinski definition) is 1. The van der Waals surface area contributed by atoms with Gasteiger partial charge >= 0.3 is 0 Å². The van der Waals surface area contributed by atoms with Crippen molar-refractivity contribution in [2.24, 2.45) is 7.05 Å². The van der Waals surface area contributed by atoms with Crippen LogP contribution in [0.25, 0.3) is 10.2 Å². The Morgan fingerprint density at radius 1 is 1.29 bits per heavy atom. The van der Waals surface area contributed by atoms with Crippen LogP contribution in [0.5, 0.6) is 0 Å². The number of nitrogens with one attached hydrogen (secondary N) is 1. The predicted molar refractivity (Wildman–Crippen MR) is 90.4 cm³/mol. The van der Waals surface area contributed by atoms with Crippen LogP contribution in [-0.4, -0.2) is 44.8 Å². The summed E-state index contributed by atoms with van der Waals surface area (Å²) in [5.41, 5.74) is 0.926. The van der Waals surface area contributed by atoms with Crippen molar-refractivity contribution in [3.8, 4) is 0 Å². The first-order valence-corrected chi connectivity index (χ1v) is 8.28. The van der Waals surface area contributed by atoms with Crippen LogP contribution in [0.3, 0.4) is 0 Å².